The van der Waals surface area contributed by atoms with Crippen molar-refractivity contribution in [2.45, 2.75) is 32.8 Å². The average Bonchev–Trinajstić information content (AvgIpc) is 2.87. The van der Waals surface area contributed by atoms with E-state index < -0.39 is 0 Å². The van der Waals surface area contributed by atoms with Crippen LogP contribution in [0.25, 0.3) is 0 Å². The summed E-state index contributed by atoms with van der Waals surface area (Å²) in [6, 6.07) is 7.36. The first-order valence-electron chi connectivity index (χ1n) is 8.54. The summed E-state index contributed by atoms with van der Waals surface area (Å²) in [6.45, 7) is 4.98. The molecule has 2 aromatic rings. The van der Waals surface area contributed by atoms with E-state index in [2.05, 4.69) is 15.7 Å². The minimum Gasteiger partial charge on any atom is -0.486 e. The highest BCUT2D eigenvalue weighted by atomic mass is 16.6. The molecule has 1 aliphatic heterocycles. The first kappa shape index (κ1) is 17.1. The molecule has 134 valence electrons. The molecule has 0 bridgehead atoms. The molecule has 0 fully saturated rings. The number of carbonyl (C=O) groups excluding carboxylic acids is 1. The molecule has 1 aromatic heterocycles. The van der Waals surface area contributed by atoms with Gasteiger partial charge in [-0.3, -0.25) is 10.00 Å². The Kier molecular flexibility index (Phi) is 5.11. The summed E-state index contributed by atoms with van der Waals surface area (Å²) in [4.78, 5) is 12.1. The van der Waals surface area contributed by atoms with Crippen molar-refractivity contribution < 1.29 is 14.3 Å². The number of rotatable bonds is 5. The van der Waals surface area contributed by atoms with Crippen molar-refractivity contribution in [2.24, 2.45) is 7.05 Å². The Morgan fingerprint density at radius 2 is 2.12 bits per heavy atom. The summed E-state index contributed by atoms with van der Waals surface area (Å²) in [5, 5.41) is 10.1. The first-order chi connectivity index (χ1) is 12.1. The lowest BCUT2D eigenvalue weighted by Crippen LogP contribution is -2.36. The number of amides is 2. The number of urea groups is 1. The van der Waals surface area contributed by atoms with Crippen molar-refractivity contribution in [3.63, 3.8) is 0 Å². The van der Waals surface area contributed by atoms with E-state index in [1.807, 2.05) is 45.2 Å². The number of nitrogens with zero attached hydrogens (tertiary/aromatic N) is 2. The first-order valence-corrected chi connectivity index (χ1v) is 8.54. The lowest BCUT2D eigenvalue weighted by Gasteiger charge is -2.26. The van der Waals surface area contributed by atoms with E-state index in [0.29, 0.717) is 19.6 Å². The molecule has 0 spiro atoms. The van der Waals surface area contributed by atoms with Gasteiger partial charge in [-0.15, -0.1) is 0 Å². The molecule has 2 N–H and O–H groups in total. The number of carbonyl (C=O) groups is 1. The van der Waals surface area contributed by atoms with E-state index in [-0.39, 0.29) is 12.1 Å². The molecule has 0 radical (unpaired) electrons. The van der Waals surface area contributed by atoms with Crippen LogP contribution in [0.3, 0.4) is 0 Å². The van der Waals surface area contributed by atoms with Crippen molar-refractivity contribution in [3.8, 4) is 11.5 Å². The summed E-state index contributed by atoms with van der Waals surface area (Å²) < 4.78 is 13.3. The van der Waals surface area contributed by atoms with Gasteiger partial charge in [0.1, 0.15) is 18.5 Å². The molecular weight excluding hydrogens is 320 g/mol. The maximum Gasteiger partial charge on any atom is 0.320 e. The van der Waals surface area contributed by atoms with Gasteiger partial charge in [0.2, 0.25) is 0 Å². The van der Waals surface area contributed by atoms with Crippen LogP contribution in [0.2, 0.25) is 0 Å². The van der Waals surface area contributed by atoms with Crippen LogP contribution in [-0.4, -0.2) is 35.1 Å². The minimum absolute atomic E-state index is 0.0691. The van der Waals surface area contributed by atoms with Crippen molar-refractivity contribution in [2.75, 3.05) is 18.5 Å². The van der Waals surface area contributed by atoms with Crippen molar-refractivity contribution in [3.05, 3.63) is 35.5 Å². The topological polar surface area (TPSA) is 77.4 Å². The molecule has 1 aromatic carbocycles. The van der Waals surface area contributed by atoms with Crippen LogP contribution >= 0.6 is 0 Å². The molecule has 0 unspecified atom stereocenters. The Labute approximate surface area is 147 Å². The summed E-state index contributed by atoms with van der Waals surface area (Å²) in [6.07, 6.45) is 1.43. The molecule has 25 heavy (non-hydrogen) atoms. The Bertz CT molecular complexity index is 757. The molecule has 0 saturated carbocycles. The summed E-state index contributed by atoms with van der Waals surface area (Å²) in [7, 11) is 1.83. The third-order valence-corrected chi connectivity index (χ3v) is 4.25. The van der Waals surface area contributed by atoms with Crippen LogP contribution in [0, 0.1) is 6.92 Å². The fourth-order valence-corrected chi connectivity index (χ4v) is 2.99. The summed E-state index contributed by atoms with van der Waals surface area (Å²) in [5.41, 5.74) is 1.99. The van der Waals surface area contributed by atoms with Crippen LogP contribution in [0.15, 0.2) is 24.3 Å². The van der Waals surface area contributed by atoms with Gasteiger partial charge >= 0.3 is 6.03 Å². The van der Waals surface area contributed by atoms with Crippen molar-refractivity contribution >= 4 is 11.8 Å². The zero-order valence-electron chi connectivity index (χ0n) is 14.8. The number of fused-ring (bicyclic) bond motifs is 1. The van der Waals surface area contributed by atoms with Crippen LogP contribution in [0.4, 0.5) is 10.6 Å². The second-order valence-corrected chi connectivity index (χ2v) is 6.06. The van der Waals surface area contributed by atoms with Gasteiger partial charge in [0.15, 0.2) is 11.5 Å². The molecular formula is C18H24N4O3. The molecule has 1 atom stereocenters. The predicted molar refractivity (Wildman–Crippen MR) is 95.3 cm³/mol. The molecule has 1 aliphatic rings. The third kappa shape index (κ3) is 3.87. The second-order valence-electron chi connectivity index (χ2n) is 6.06. The van der Waals surface area contributed by atoms with Gasteiger partial charge in [-0.05, 0) is 25.5 Å². The smallest absolute Gasteiger partial charge is 0.320 e. The SMILES string of the molecule is CCc1c(C)nn(C)c1NC(=O)NCC[C@@H]1COc2ccccc2O1. The van der Waals surface area contributed by atoms with Gasteiger partial charge in [0, 0.05) is 25.6 Å². The zero-order chi connectivity index (χ0) is 17.8. The molecule has 7 nitrogen and oxygen atoms in total. The minimum atomic E-state index is -0.241. The zero-order valence-corrected chi connectivity index (χ0v) is 14.8. The highest BCUT2D eigenvalue weighted by Crippen LogP contribution is 2.31. The monoisotopic (exact) mass is 344 g/mol. The maximum absolute atomic E-state index is 12.1. The molecule has 2 heterocycles. The van der Waals surface area contributed by atoms with E-state index in [4.69, 9.17) is 9.47 Å². The Balaban J connectivity index is 1.48. The molecule has 7 heteroatoms. The van der Waals surface area contributed by atoms with Gasteiger partial charge in [-0.2, -0.15) is 5.10 Å². The predicted octanol–water partition coefficient (Wildman–Crippen LogP) is 2.64. The Morgan fingerprint density at radius 1 is 1.36 bits per heavy atom. The van der Waals surface area contributed by atoms with E-state index >= 15 is 0 Å². The Morgan fingerprint density at radius 3 is 2.88 bits per heavy atom. The number of benzene rings is 1. The lowest BCUT2D eigenvalue weighted by atomic mass is 10.2. The van der Waals surface area contributed by atoms with E-state index in [0.717, 1.165) is 35.0 Å². The Hall–Kier alpha value is -2.70. The molecule has 0 saturated heterocycles. The van der Waals surface area contributed by atoms with Gasteiger partial charge < -0.3 is 14.8 Å². The molecule has 0 aliphatic carbocycles. The van der Waals surface area contributed by atoms with Crippen LogP contribution in [-0.2, 0) is 13.5 Å². The van der Waals surface area contributed by atoms with Gasteiger partial charge in [-0.1, -0.05) is 19.1 Å². The number of ether oxygens (including phenoxy) is 2. The number of hydrogen-bond donors (Lipinski definition) is 2. The third-order valence-electron chi connectivity index (χ3n) is 4.25. The number of nitrogens with one attached hydrogen (secondary N) is 2. The van der Waals surface area contributed by atoms with E-state index in [1.54, 1.807) is 4.68 Å². The van der Waals surface area contributed by atoms with Crippen LogP contribution in [0.1, 0.15) is 24.6 Å². The number of aryl methyl sites for hydroxylation is 2. The van der Waals surface area contributed by atoms with E-state index in [9.17, 15) is 4.79 Å². The van der Waals surface area contributed by atoms with Crippen molar-refractivity contribution in [1.82, 2.24) is 15.1 Å². The number of anilines is 1. The van der Waals surface area contributed by atoms with Gasteiger partial charge in [0.25, 0.3) is 0 Å². The quantitative estimate of drug-likeness (QED) is 0.874. The average molecular weight is 344 g/mol. The normalized spacial score (nSPS) is 15.7. The molecule has 3 rings (SSSR count). The fourth-order valence-electron chi connectivity index (χ4n) is 2.99. The highest BCUT2D eigenvalue weighted by molar-refractivity contribution is 5.89. The fraction of sp³-hybridized carbons (Fsp3) is 0.444. The number of aromatic nitrogens is 2. The number of para-hydroxylation sites is 2. The summed E-state index contributed by atoms with van der Waals surface area (Å²) in [5.74, 6) is 2.26. The largest absolute Gasteiger partial charge is 0.486 e. The number of hydrogen-bond acceptors (Lipinski definition) is 4. The molecule has 2 amide bonds. The van der Waals surface area contributed by atoms with Gasteiger partial charge in [-0.25, -0.2) is 4.79 Å². The maximum atomic E-state index is 12.1. The standard InChI is InChI=1S/C18H24N4O3/c1-4-14-12(2)21-22(3)17(14)20-18(23)19-10-9-13-11-24-15-7-5-6-8-16(15)25-13/h5-8,13H,4,9-11H2,1-3H3,(H2,19,20,23)/t13-/m1/s1. The van der Waals surface area contributed by atoms with Crippen LogP contribution in [0.5, 0.6) is 11.5 Å². The highest BCUT2D eigenvalue weighted by Gasteiger charge is 2.20. The van der Waals surface area contributed by atoms with E-state index in [1.165, 1.54) is 0 Å². The second kappa shape index (κ2) is 7.46. The summed E-state index contributed by atoms with van der Waals surface area (Å²) >= 11 is 0. The van der Waals surface area contributed by atoms with Crippen LogP contribution < -0.4 is 20.1 Å². The van der Waals surface area contributed by atoms with Gasteiger partial charge in [0.05, 0.1) is 5.69 Å². The van der Waals surface area contributed by atoms with Crippen molar-refractivity contribution in [1.29, 1.82) is 0 Å². The lowest BCUT2D eigenvalue weighted by molar-refractivity contribution is 0.0854.